The molecule has 0 atom stereocenters. The predicted octanol–water partition coefficient (Wildman–Crippen LogP) is 2.91. The number of allylic oxidation sites excluding steroid dienone is 2. The van der Waals surface area contributed by atoms with Crippen molar-refractivity contribution in [1.29, 1.82) is 0 Å². The molecule has 1 aromatic carbocycles. The average molecular weight is 323 g/mol. The summed E-state index contributed by atoms with van der Waals surface area (Å²) in [5.41, 5.74) is -0.520. The minimum atomic E-state index is -4.47. The Morgan fingerprint density at radius 2 is 1.83 bits per heavy atom. The molecule has 1 aromatic rings. The summed E-state index contributed by atoms with van der Waals surface area (Å²) in [6, 6.07) is 4.04. The van der Waals surface area contributed by atoms with Gasteiger partial charge in [-0.25, -0.2) is 5.01 Å². The largest absolute Gasteiger partial charge is 0.416 e. The van der Waals surface area contributed by atoms with Crippen LogP contribution in [0, 0.1) is 0 Å². The lowest BCUT2D eigenvalue weighted by Crippen LogP contribution is -2.39. The smallest absolute Gasteiger partial charge is 0.296 e. The fourth-order valence-electron chi connectivity index (χ4n) is 2.09. The SMILES string of the molecule is C=NN1C(C=O)=CN(c2ccc(C(F)(F)F)cc2)C(=O)/C1=C/C. The van der Waals surface area contributed by atoms with E-state index in [9.17, 15) is 22.8 Å². The normalized spacial score (nSPS) is 17.3. The van der Waals surface area contributed by atoms with Gasteiger partial charge in [-0.2, -0.15) is 18.3 Å². The summed E-state index contributed by atoms with van der Waals surface area (Å²) in [6.07, 6.45) is -1.36. The van der Waals surface area contributed by atoms with E-state index < -0.39 is 17.6 Å². The van der Waals surface area contributed by atoms with Crippen LogP contribution in [0.5, 0.6) is 0 Å². The molecule has 1 heterocycles. The maximum absolute atomic E-state index is 12.6. The van der Waals surface area contributed by atoms with Gasteiger partial charge < -0.3 is 0 Å². The number of hydrazone groups is 1. The van der Waals surface area contributed by atoms with Crippen LogP contribution in [0.3, 0.4) is 0 Å². The first-order valence-corrected chi connectivity index (χ1v) is 6.44. The fourth-order valence-corrected chi connectivity index (χ4v) is 2.09. The Kier molecular flexibility index (Phi) is 4.35. The Morgan fingerprint density at radius 1 is 1.22 bits per heavy atom. The van der Waals surface area contributed by atoms with Crippen molar-refractivity contribution in [3.63, 3.8) is 0 Å². The van der Waals surface area contributed by atoms with Gasteiger partial charge >= 0.3 is 6.18 Å². The van der Waals surface area contributed by atoms with Crippen LogP contribution in [0.15, 0.2) is 53.0 Å². The summed E-state index contributed by atoms with van der Waals surface area (Å²) in [4.78, 5) is 24.6. The van der Waals surface area contributed by atoms with E-state index in [0.29, 0.717) is 6.29 Å². The zero-order valence-corrected chi connectivity index (χ0v) is 12.0. The van der Waals surface area contributed by atoms with Crippen molar-refractivity contribution < 1.29 is 22.8 Å². The highest BCUT2D eigenvalue weighted by Crippen LogP contribution is 2.32. The summed E-state index contributed by atoms with van der Waals surface area (Å²) >= 11 is 0. The fraction of sp³-hybridized carbons (Fsp3) is 0.133. The highest BCUT2D eigenvalue weighted by Gasteiger charge is 2.32. The van der Waals surface area contributed by atoms with Crippen molar-refractivity contribution in [2.45, 2.75) is 13.1 Å². The van der Waals surface area contributed by atoms with Gasteiger partial charge in [0.25, 0.3) is 5.91 Å². The maximum atomic E-state index is 12.6. The Bertz CT molecular complexity index is 706. The molecule has 23 heavy (non-hydrogen) atoms. The minimum Gasteiger partial charge on any atom is -0.296 e. The number of anilines is 1. The summed E-state index contributed by atoms with van der Waals surface area (Å²) in [6.45, 7) is 4.86. The summed E-state index contributed by atoms with van der Waals surface area (Å²) in [5.74, 6) is -0.537. The molecule has 0 aromatic heterocycles. The molecule has 0 radical (unpaired) electrons. The van der Waals surface area contributed by atoms with Gasteiger partial charge in [-0.15, -0.1) is 0 Å². The van der Waals surface area contributed by atoms with Crippen LogP contribution in [0.2, 0.25) is 0 Å². The third-order valence-corrected chi connectivity index (χ3v) is 3.18. The number of alkyl halides is 3. The lowest BCUT2D eigenvalue weighted by Gasteiger charge is -2.31. The monoisotopic (exact) mass is 323 g/mol. The van der Waals surface area contributed by atoms with Gasteiger partial charge in [0, 0.05) is 18.6 Å². The summed E-state index contributed by atoms with van der Waals surface area (Å²) in [7, 11) is 0. The first kappa shape index (κ1) is 16.5. The number of nitrogens with zero attached hydrogens (tertiary/aromatic N) is 3. The van der Waals surface area contributed by atoms with Crippen molar-refractivity contribution >= 4 is 24.6 Å². The zero-order chi connectivity index (χ0) is 17.2. The number of hydrogen-bond acceptors (Lipinski definition) is 4. The van der Waals surface area contributed by atoms with Gasteiger partial charge in [0.2, 0.25) is 0 Å². The molecule has 1 aliphatic rings. The second kappa shape index (κ2) is 6.07. The Balaban J connectivity index is 2.48. The molecule has 0 spiro atoms. The molecular weight excluding hydrogens is 311 g/mol. The van der Waals surface area contributed by atoms with E-state index in [2.05, 4.69) is 11.8 Å². The third-order valence-electron chi connectivity index (χ3n) is 3.18. The molecule has 0 fully saturated rings. The first-order valence-electron chi connectivity index (χ1n) is 6.44. The number of carbonyl (C=O) groups excluding carboxylic acids is 2. The van der Waals surface area contributed by atoms with E-state index in [1.54, 1.807) is 6.92 Å². The van der Waals surface area contributed by atoms with Gasteiger partial charge in [0.1, 0.15) is 11.4 Å². The molecule has 0 saturated carbocycles. The van der Waals surface area contributed by atoms with Gasteiger partial charge in [-0.3, -0.25) is 14.5 Å². The van der Waals surface area contributed by atoms with Gasteiger partial charge in [-0.1, -0.05) is 6.08 Å². The quantitative estimate of drug-likeness (QED) is 0.488. The van der Waals surface area contributed by atoms with E-state index in [4.69, 9.17) is 0 Å². The van der Waals surface area contributed by atoms with Crippen LogP contribution >= 0.6 is 0 Å². The molecule has 0 unspecified atom stereocenters. The lowest BCUT2D eigenvalue weighted by atomic mass is 10.1. The molecular formula is C15H12F3N3O2. The van der Waals surface area contributed by atoms with Crippen LogP contribution < -0.4 is 4.90 Å². The molecule has 1 aliphatic heterocycles. The van der Waals surface area contributed by atoms with Gasteiger partial charge in [0.15, 0.2) is 6.29 Å². The second-order valence-corrected chi connectivity index (χ2v) is 4.52. The number of rotatable bonds is 3. The van der Waals surface area contributed by atoms with Crippen LogP contribution in [-0.2, 0) is 15.8 Å². The number of carbonyl (C=O) groups is 2. The first-order chi connectivity index (χ1) is 10.8. The number of hydrogen-bond donors (Lipinski definition) is 0. The number of halogens is 3. The summed E-state index contributed by atoms with van der Waals surface area (Å²) < 4.78 is 37.8. The van der Waals surface area contributed by atoms with Gasteiger partial charge in [-0.05, 0) is 31.2 Å². The third kappa shape index (κ3) is 3.01. The Hall–Kier alpha value is -2.90. The van der Waals surface area contributed by atoms with E-state index in [-0.39, 0.29) is 17.1 Å². The minimum absolute atomic E-state index is 0.0348. The van der Waals surface area contributed by atoms with Crippen LogP contribution in [0.1, 0.15) is 12.5 Å². The van der Waals surface area contributed by atoms with E-state index in [1.807, 2.05) is 0 Å². The number of amides is 1. The Labute approximate surface area is 130 Å². The average Bonchev–Trinajstić information content (AvgIpc) is 2.53. The van der Waals surface area contributed by atoms with E-state index in [0.717, 1.165) is 34.2 Å². The van der Waals surface area contributed by atoms with Gasteiger partial charge in [0.05, 0.1) is 5.56 Å². The van der Waals surface area contributed by atoms with E-state index in [1.165, 1.54) is 12.3 Å². The molecule has 0 aliphatic carbocycles. The Morgan fingerprint density at radius 3 is 2.26 bits per heavy atom. The highest BCUT2D eigenvalue weighted by atomic mass is 19.4. The second-order valence-electron chi connectivity index (χ2n) is 4.52. The van der Waals surface area contributed by atoms with Crippen LogP contribution in [0.25, 0.3) is 0 Å². The number of aldehydes is 1. The van der Waals surface area contributed by atoms with Crippen molar-refractivity contribution in [2.24, 2.45) is 5.10 Å². The molecule has 0 bridgehead atoms. The molecule has 0 saturated heterocycles. The van der Waals surface area contributed by atoms with Crippen LogP contribution in [-0.4, -0.2) is 23.9 Å². The molecule has 1 amide bonds. The van der Waals surface area contributed by atoms with Crippen molar-refractivity contribution in [3.8, 4) is 0 Å². The predicted molar refractivity (Wildman–Crippen MR) is 78.2 cm³/mol. The highest BCUT2D eigenvalue weighted by molar-refractivity contribution is 6.09. The molecule has 0 N–H and O–H groups in total. The maximum Gasteiger partial charge on any atom is 0.416 e. The molecule has 8 heteroatoms. The van der Waals surface area contributed by atoms with E-state index >= 15 is 0 Å². The van der Waals surface area contributed by atoms with Crippen molar-refractivity contribution in [1.82, 2.24) is 5.01 Å². The summed E-state index contributed by atoms with van der Waals surface area (Å²) in [5, 5.41) is 4.66. The molecule has 2 rings (SSSR count). The van der Waals surface area contributed by atoms with Crippen molar-refractivity contribution in [2.75, 3.05) is 4.90 Å². The zero-order valence-electron chi connectivity index (χ0n) is 12.0. The topological polar surface area (TPSA) is 53.0 Å². The van der Waals surface area contributed by atoms with Crippen molar-refractivity contribution in [3.05, 3.63) is 53.5 Å². The molecule has 5 nitrogen and oxygen atoms in total. The standard InChI is InChI=1S/C15H12F3N3O2/c1-3-13-14(23)20(8-12(9-22)21(13)19-2)11-6-4-10(5-7-11)15(16,17)18/h3-9H,2H2,1H3/b13-3-. The van der Waals surface area contributed by atoms with Crippen LogP contribution in [0.4, 0.5) is 18.9 Å². The number of benzene rings is 1. The molecule has 120 valence electrons. The lowest BCUT2D eigenvalue weighted by molar-refractivity contribution is -0.137.